The van der Waals surface area contributed by atoms with Gasteiger partial charge in [0.05, 0.1) is 28.9 Å². The van der Waals surface area contributed by atoms with Gasteiger partial charge in [-0.25, -0.2) is 23.7 Å². The van der Waals surface area contributed by atoms with Crippen molar-refractivity contribution in [3.8, 4) is 0 Å². The molecule has 1 saturated heterocycles. The van der Waals surface area contributed by atoms with Crippen molar-refractivity contribution in [3.63, 3.8) is 0 Å². The van der Waals surface area contributed by atoms with E-state index in [1.165, 1.54) is 22.9 Å². The van der Waals surface area contributed by atoms with E-state index >= 15 is 0 Å². The predicted octanol–water partition coefficient (Wildman–Crippen LogP) is 3.94. The molecule has 3 aromatic carbocycles. The predicted molar refractivity (Wildman–Crippen MR) is 159 cm³/mol. The molecule has 1 aromatic heterocycles. The number of nitrogen functional groups attached to an aromatic ring is 1. The number of rotatable bonds is 10. The van der Waals surface area contributed by atoms with Crippen LogP contribution in [0.15, 0.2) is 109 Å². The van der Waals surface area contributed by atoms with Crippen LogP contribution >= 0.6 is 0 Å². The van der Waals surface area contributed by atoms with Gasteiger partial charge >= 0.3 is 23.9 Å². The number of carbonyl (C=O) groups excluding carboxylic acids is 4. The first-order valence-electron chi connectivity index (χ1n) is 14.2. The third kappa shape index (κ3) is 7.34. The highest BCUT2D eigenvalue weighted by Crippen LogP contribution is 2.33. The van der Waals surface area contributed by atoms with Crippen LogP contribution < -0.4 is 10.3 Å². The van der Waals surface area contributed by atoms with Gasteiger partial charge in [-0.2, -0.15) is 0 Å². The van der Waals surface area contributed by atoms with Crippen LogP contribution in [0.1, 0.15) is 54.6 Å². The lowest BCUT2D eigenvalue weighted by molar-refractivity contribution is -0.753. The number of benzene rings is 3. The second-order valence-corrected chi connectivity index (χ2v) is 9.97. The molecular weight excluding hydrogens is 580 g/mol. The summed E-state index contributed by atoms with van der Waals surface area (Å²) in [6.07, 6.45) is -3.48. The summed E-state index contributed by atoms with van der Waals surface area (Å²) < 4.78 is 30.3. The molecule has 1 fully saturated rings. The third-order valence-electron chi connectivity index (χ3n) is 6.97. The second kappa shape index (κ2) is 14.3. The molecule has 230 valence electrons. The molecule has 0 radical (unpaired) electrons. The fraction of sp³-hybridized carbons (Fsp3) is 0.206. The zero-order valence-corrected chi connectivity index (χ0v) is 24.3. The van der Waals surface area contributed by atoms with Gasteiger partial charge < -0.3 is 23.7 Å². The van der Waals surface area contributed by atoms with Gasteiger partial charge in [0.15, 0.2) is 6.10 Å². The van der Waals surface area contributed by atoms with Gasteiger partial charge in [0.2, 0.25) is 12.3 Å². The molecule has 4 aromatic rings. The molecule has 0 bridgehead atoms. The molecule has 1 aliphatic heterocycles. The number of pyridine rings is 1. The summed E-state index contributed by atoms with van der Waals surface area (Å²) in [4.78, 5) is 52.1. The molecule has 11 nitrogen and oxygen atoms in total. The molecule has 4 atom stereocenters. The summed E-state index contributed by atoms with van der Waals surface area (Å²) >= 11 is 0. The first kappa shape index (κ1) is 30.9. The Balaban J connectivity index is 1.53. The molecule has 0 spiro atoms. The average Bonchev–Trinajstić information content (AvgIpc) is 3.40. The van der Waals surface area contributed by atoms with E-state index in [-0.39, 0.29) is 35.7 Å². The highest BCUT2D eigenvalue weighted by Gasteiger charge is 2.54. The van der Waals surface area contributed by atoms with E-state index in [4.69, 9.17) is 29.4 Å². The van der Waals surface area contributed by atoms with Crippen LogP contribution in [0.2, 0.25) is 0 Å². The number of nitrogens with two attached hydrogens (primary N) is 1. The Bertz CT molecular complexity index is 1650. The first-order chi connectivity index (χ1) is 21.9. The smallest absolute Gasteiger partial charge is 0.341 e. The first-order valence-corrected chi connectivity index (χ1v) is 14.2. The highest BCUT2D eigenvalue weighted by molar-refractivity contribution is 5.91. The number of carbonyl (C=O) groups is 4. The van der Waals surface area contributed by atoms with Crippen molar-refractivity contribution in [1.29, 1.82) is 0 Å². The van der Waals surface area contributed by atoms with Crippen LogP contribution in [0.25, 0.3) is 0 Å². The minimum Gasteiger partial charge on any atom is -0.462 e. The van der Waals surface area contributed by atoms with E-state index in [9.17, 15) is 19.2 Å². The van der Waals surface area contributed by atoms with Crippen LogP contribution in [0.3, 0.4) is 0 Å². The molecule has 0 aliphatic carbocycles. The van der Waals surface area contributed by atoms with Gasteiger partial charge in [-0.15, -0.1) is 0 Å². The number of hydrogen-bond acceptors (Lipinski definition) is 10. The van der Waals surface area contributed by atoms with Crippen molar-refractivity contribution in [3.05, 3.63) is 132 Å². The fourth-order valence-electron chi connectivity index (χ4n) is 4.77. The largest absolute Gasteiger partial charge is 0.462 e. The number of anilines is 1. The minimum absolute atomic E-state index is 0.142. The zero-order chi connectivity index (χ0) is 31.8. The summed E-state index contributed by atoms with van der Waals surface area (Å²) in [6.45, 7) is 1.45. The van der Waals surface area contributed by atoms with Crippen LogP contribution in [0.4, 0.5) is 5.82 Å². The average molecular weight is 612 g/mol. The molecule has 0 saturated carbocycles. The topological polar surface area (TPSA) is 144 Å². The normalized spacial score (nSPS) is 18.9. The summed E-state index contributed by atoms with van der Waals surface area (Å²) in [6, 6.07) is 27.8. The maximum Gasteiger partial charge on any atom is 0.341 e. The quantitative estimate of drug-likeness (QED) is 0.159. The van der Waals surface area contributed by atoms with Gasteiger partial charge in [-0.1, -0.05) is 54.6 Å². The number of ether oxygens (including phenoxy) is 5. The Kier molecular flexibility index (Phi) is 9.80. The minimum atomic E-state index is -1.30. The molecule has 1 aliphatic rings. The maximum atomic E-state index is 13.4. The molecule has 4 unspecified atom stereocenters. The number of nitrogens with zero attached hydrogens (tertiary/aromatic N) is 1. The summed E-state index contributed by atoms with van der Waals surface area (Å²) in [7, 11) is 0. The van der Waals surface area contributed by atoms with Crippen LogP contribution in [-0.4, -0.2) is 55.4 Å². The molecule has 2 heterocycles. The molecule has 0 amide bonds. The van der Waals surface area contributed by atoms with E-state index in [1.807, 2.05) is 0 Å². The Morgan fingerprint density at radius 2 is 1.13 bits per heavy atom. The van der Waals surface area contributed by atoms with Crippen molar-refractivity contribution >= 4 is 29.7 Å². The van der Waals surface area contributed by atoms with Gasteiger partial charge in [0.1, 0.15) is 18.9 Å². The van der Waals surface area contributed by atoms with E-state index in [0.29, 0.717) is 5.56 Å². The maximum absolute atomic E-state index is 13.4. The monoisotopic (exact) mass is 611 g/mol. The Labute approximate surface area is 259 Å². The van der Waals surface area contributed by atoms with Gasteiger partial charge in [-0.05, 0) is 49.4 Å². The molecule has 2 N–H and O–H groups in total. The van der Waals surface area contributed by atoms with Crippen LogP contribution in [-0.2, 0) is 23.7 Å². The lowest BCUT2D eigenvalue weighted by Crippen LogP contribution is -2.50. The second-order valence-electron chi connectivity index (χ2n) is 9.97. The van der Waals surface area contributed by atoms with Crippen molar-refractivity contribution in [1.82, 2.24) is 0 Å². The van der Waals surface area contributed by atoms with E-state index in [2.05, 4.69) is 0 Å². The molecule has 45 heavy (non-hydrogen) atoms. The lowest BCUT2D eigenvalue weighted by Gasteiger charge is -2.24. The third-order valence-corrected chi connectivity index (χ3v) is 6.97. The van der Waals surface area contributed by atoms with Crippen molar-refractivity contribution in [2.24, 2.45) is 0 Å². The summed E-state index contributed by atoms with van der Waals surface area (Å²) in [5.74, 6) is -2.54. The van der Waals surface area contributed by atoms with E-state index in [1.54, 1.807) is 97.9 Å². The molecular formula is C34H31N2O9+. The SMILES string of the molecule is CCOC(=O)c1ccc(N)[n+](C2OC(COC(=O)c3ccccc3)C(OC(=O)c3ccccc3)C2OC(=O)c2ccccc2)c1. The van der Waals surface area contributed by atoms with Gasteiger partial charge in [0, 0.05) is 6.07 Å². The Hall–Kier alpha value is -5.55. The van der Waals surface area contributed by atoms with Crippen LogP contribution in [0.5, 0.6) is 0 Å². The fourth-order valence-corrected chi connectivity index (χ4v) is 4.77. The molecule has 11 heteroatoms. The van der Waals surface area contributed by atoms with Crippen LogP contribution in [0, 0.1) is 0 Å². The number of hydrogen-bond donors (Lipinski definition) is 1. The highest BCUT2D eigenvalue weighted by atomic mass is 16.7. The van der Waals surface area contributed by atoms with Gasteiger partial charge in [0.25, 0.3) is 5.82 Å². The standard InChI is InChI=1S/C34H30N2O9/c1-2-41-32(38)25-18-19-27(35)36(20-25)30-29(45-34(40)24-16-10-5-11-17-24)28(44-33(39)23-14-8-4-9-15-23)26(43-30)21-42-31(37)22-12-6-3-7-13-22/h3-20,26,28-30,35H,2,21H2,1H3/p+1. The van der Waals surface area contributed by atoms with E-state index in [0.717, 1.165) is 0 Å². The zero-order valence-electron chi connectivity index (χ0n) is 24.3. The van der Waals surface area contributed by atoms with Crippen molar-refractivity contribution in [2.75, 3.05) is 18.9 Å². The Morgan fingerprint density at radius 3 is 1.67 bits per heavy atom. The van der Waals surface area contributed by atoms with Gasteiger partial charge in [-0.3, -0.25) is 5.73 Å². The van der Waals surface area contributed by atoms with Crippen molar-refractivity contribution in [2.45, 2.75) is 31.5 Å². The number of esters is 4. The Morgan fingerprint density at radius 1 is 0.644 bits per heavy atom. The number of aromatic nitrogens is 1. The summed E-state index contributed by atoms with van der Waals surface area (Å²) in [5.41, 5.74) is 7.26. The lowest BCUT2D eigenvalue weighted by atomic mass is 10.1. The summed E-state index contributed by atoms with van der Waals surface area (Å²) in [5, 5.41) is 0. The van der Waals surface area contributed by atoms with Crippen molar-refractivity contribution < 1.29 is 47.4 Å². The molecule has 5 rings (SSSR count). The van der Waals surface area contributed by atoms with E-state index < -0.39 is 48.4 Å².